The quantitative estimate of drug-likeness (QED) is 0.822. The number of nitrogens with two attached hydrogens (primary N) is 1. The van der Waals surface area contributed by atoms with Gasteiger partial charge >= 0.3 is 0 Å². The lowest BCUT2D eigenvalue weighted by molar-refractivity contribution is 0.330. The number of rotatable bonds is 4. The molecule has 1 unspecified atom stereocenters. The summed E-state index contributed by atoms with van der Waals surface area (Å²) in [7, 11) is 0. The molecule has 0 heterocycles. The maximum atomic E-state index is 13.8. The monoisotopic (exact) mass is 327 g/mol. The van der Waals surface area contributed by atoms with Gasteiger partial charge < -0.3 is 10.5 Å². The minimum absolute atomic E-state index is 0.0300. The highest BCUT2D eigenvalue weighted by Gasteiger charge is 2.30. The molecule has 0 aliphatic rings. The van der Waals surface area contributed by atoms with E-state index in [4.69, 9.17) is 33.7 Å². The van der Waals surface area contributed by atoms with Gasteiger partial charge in [-0.2, -0.15) is 0 Å². The van der Waals surface area contributed by atoms with Crippen LogP contribution in [0.15, 0.2) is 36.4 Å². The van der Waals surface area contributed by atoms with Crippen molar-refractivity contribution in [2.45, 2.75) is 19.4 Å². The van der Waals surface area contributed by atoms with E-state index in [0.717, 1.165) is 5.56 Å². The second-order valence-electron chi connectivity index (χ2n) is 4.88. The normalized spacial score (nSPS) is 13.8. The molecule has 0 amide bonds. The van der Waals surface area contributed by atoms with Gasteiger partial charge in [0.15, 0.2) is 0 Å². The summed E-state index contributed by atoms with van der Waals surface area (Å²) in [5.74, 6) is 0.0954. The lowest BCUT2D eigenvalue weighted by Crippen LogP contribution is -2.35. The van der Waals surface area contributed by atoms with E-state index in [-0.39, 0.29) is 5.02 Å². The number of ether oxygens (including phenoxy) is 1. The molecule has 0 saturated carbocycles. The first kappa shape index (κ1) is 16.1. The van der Waals surface area contributed by atoms with Crippen molar-refractivity contribution < 1.29 is 9.13 Å². The van der Waals surface area contributed by atoms with Crippen LogP contribution in [0.3, 0.4) is 0 Å². The van der Waals surface area contributed by atoms with Crippen LogP contribution in [0, 0.1) is 5.82 Å². The molecule has 2 aromatic carbocycles. The van der Waals surface area contributed by atoms with E-state index in [1.54, 1.807) is 6.92 Å². The minimum Gasteiger partial charge on any atom is -0.494 e. The van der Waals surface area contributed by atoms with Crippen LogP contribution in [0.5, 0.6) is 5.75 Å². The molecule has 2 rings (SSSR count). The van der Waals surface area contributed by atoms with E-state index in [1.165, 1.54) is 12.1 Å². The van der Waals surface area contributed by atoms with E-state index in [0.29, 0.717) is 22.9 Å². The van der Waals surface area contributed by atoms with E-state index in [9.17, 15) is 4.39 Å². The third kappa shape index (κ3) is 3.15. The summed E-state index contributed by atoms with van der Waals surface area (Å²) in [5.41, 5.74) is 6.62. The van der Waals surface area contributed by atoms with Gasteiger partial charge in [-0.15, -0.1) is 0 Å². The topological polar surface area (TPSA) is 35.2 Å². The van der Waals surface area contributed by atoms with Gasteiger partial charge in [-0.05, 0) is 37.6 Å². The van der Waals surface area contributed by atoms with Gasteiger partial charge in [0.2, 0.25) is 0 Å². The Bertz CT molecular complexity index is 659. The molecule has 2 N–H and O–H groups in total. The van der Waals surface area contributed by atoms with Crippen molar-refractivity contribution in [3.8, 4) is 5.75 Å². The summed E-state index contributed by atoms with van der Waals surface area (Å²) in [5, 5.41) is 0.287. The molecule has 0 aromatic heterocycles. The third-order valence-corrected chi connectivity index (χ3v) is 3.92. The van der Waals surface area contributed by atoms with Gasteiger partial charge in [-0.1, -0.05) is 41.4 Å². The van der Waals surface area contributed by atoms with Crippen molar-refractivity contribution in [1.82, 2.24) is 0 Å². The number of halogens is 3. The van der Waals surface area contributed by atoms with E-state index >= 15 is 0 Å². The molecule has 112 valence electrons. The van der Waals surface area contributed by atoms with Gasteiger partial charge in [0.1, 0.15) is 11.6 Å². The summed E-state index contributed by atoms with van der Waals surface area (Å²) in [6.45, 7) is 4.16. The highest BCUT2D eigenvalue weighted by molar-refractivity contribution is 6.35. The fraction of sp³-hybridized carbons (Fsp3) is 0.250. The number of hydrogen-bond donors (Lipinski definition) is 1. The van der Waals surface area contributed by atoms with Gasteiger partial charge in [-0.25, -0.2) is 4.39 Å². The molecule has 21 heavy (non-hydrogen) atoms. The Hall–Kier alpha value is -1.29. The molecule has 0 aliphatic carbocycles. The average Bonchev–Trinajstić information content (AvgIpc) is 2.43. The molecule has 5 heteroatoms. The summed E-state index contributed by atoms with van der Waals surface area (Å²) < 4.78 is 19.4. The molecule has 1 atom stereocenters. The zero-order chi connectivity index (χ0) is 15.6. The van der Waals surface area contributed by atoms with Crippen molar-refractivity contribution in [3.63, 3.8) is 0 Å². The summed E-state index contributed by atoms with van der Waals surface area (Å²) >= 11 is 11.9. The summed E-state index contributed by atoms with van der Waals surface area (Å²) in [6.07, 6.45) is 0. The first-order chi connectivity index (χ1) is 9.87. The summed E-state index contributed by atoms with van der Waals surface area (Å²) in [6, 6.07) is 10.0. The maximum Gasteiger partial charge on any atom is 0.142 e. The molecule has 2 aromatic rings. The van der Waals surface area contributed by atoms with Crippen molar-refractivity contribution in [2.24, 2.45) is 5.73 Å². The molecule has 0 fully saturated rings. The van der Waals surface area contributed by atoms with Gasteiger partial charge in [0, 0.05) is 10.6 Å². The number of para-hydroxylation sites is 1. The SMILES string of the molecule is CCOc1ccccc1C(C)(N)c1cc(F)c(Cl)cc1Cl. The fourth-order valence-electron chi connectivity index (χ4n) is 2.24. The van der Waals surface area contributed by atoms with Crippen molar-refractivity contribution >= 4 is 23.2 Å². The van der Waals surface area contributed by atoms with Crippen LogP contribution in [0.1, 0.15) is 25.0 Å². The van der Waals surface area contributed by atoms with E-state index in [2.05, 4.69) is 0 Å². The predicted molar refractivity (Wildman–Crippen MR) is 84.7 cm³/mol. The number of hydrogen-bond acceptors (Lipinski definition) is 2. The van der Waals surface area contributed by atoms with Crippen LogP contribution in [0.25, 0.3) is 0 Å². The molecule has 0 aliphatic heterocycles. The molecule has 0 bridgehead atoms. The standard InChI is InChI=1S/C16H16Cl2FNO/c1-3-21-15-7-5-4-6-10(15)16(2,20)11-8-14(19)13(18)9-12(11)17/h4-9H,3,20H2,1-2H3. The first-order valence-corrected chi connectivity index (χ1v) is 7.29. The lowest BCUT2D eigenvalue weighted by Gasteiger charge is -2.29. The summed E-state index contributed by atoms with van der Waals surface area (Å²) in [4.78, 5) is 0. The molecular formula is C16H16Cl2FNO. The van der Waals surface area contributed by atoms with Crippen molar-refractivity contribution in [2.75, 3.05) is 6.61 Å². The lowest BCUT2D eigenvalue weighted by atomic mass is 9.85. The Labute approximate surface area is 133 Å². The Balaban J connectivity index is 2.59. The van der Waals surface area contributed by atoms with Gasteiger partial charge in [0.25, 0.3) is 0 Å². The second kappa shape index (κ2) is 6.22. The Kier molecular flexibility index (Phi) is 4.77. The van der Waals surface area contributed by atoms with Crippen molar-refractivity contribution in [3.05, 3.63) is 63.4 Å². The number of benzene rings is 2. The Morgan fingerprint density at radius 2 is 1.81 bits per heavy atom. The predicted octanol–water partition coefficient (Wildman–Crippen LogP) is 4.75. The van der Waals surface area contributed by atoms with E-state index in [1.807, 2.05) is 31.2 Å². The van der Waals surface area contributed by atoms with Crippen LogP contribution >= 0.6 is 23.2 Å². The minimum atomic E-state index is -1.01. The Morgan fingerprint density at radius 3 is 2.48 bits per heavy atom. The highest BCUT2D eigenvalue weighted by Crippen LogP contribution is 2.38. The van der Waals surface area contributed by atoms with E-state index < -0.39 is 11.4 Å². The van der Waals surface area contributed by atoms with Gasteiger partial charge in [-0.3, -0.25) is 0 Å². The zero-order valence-electron chi connectivity index (χ0n) is 11.8. The van der Waals surface area contributed by atoms with Crippen molar-refractivity contribution in [1.29, 1.82) is 0 Å². The smallest absolute Gasteiger partial charge is 0.142 e. The van der Waals surface area contributed by atoms with Crippen LogP contribution in [-0.2, 0) is 5.54 Å². The van der Waals surface area contributed by atoms with Crippen LogP contribution in [-0.4, -0.2) is 6.61 Å². The van der Waals surface area contributed by atoms with Crippen LogP contribution in [0.2, 0.25) is 10.0 Å². The molecule has 0 saturated heterocycles. The molecular weight excluding hydrogens is 312 g/mol. The fourth-order valence-corrected chi connectivity index (χ4v) is 2.82. The van der Waals surface area contributed by atoms with Crippen LogP contribution < -0.4 is 10.5 Å². The maximum absolute atomic E-state index is 13.8. The van der Waals surface area contributed by atoms with Crippen LogP contribution in [0.4, 0.5) is 4.39 Å². The zero-order valence-corrected chi connectivity index (χ0v) is 13.3. The highest BCUT2D eigenvalue weighted by atomic mass is 35.5. The van der Waals surface area contributed by atoms with Gasteiger partial charge in [0.05, 0.1) is 17.2 Å². The average molecular weight is 328 g/mol. The molecule has 0 spiro atoms. The first-order valence-electron chi connectivity index (χ1n) is 6.54. The molecule has 0 radical (unpaired) electrons. The third-order valence-electron chi connectivity index (χ3n) is 3.32. The Morgan fingerprint density at radius 1 is 1.14 bits per heavy atom. The second-order valence-corrected chi connectivity index (χ2v) is 5.69. The molecule has 2 nitrogen and oxygen atoms in total. The largest absolute Gasteiger partial charge is 0.494 e.